The number of nitrogens with one attached hydrogen (secondary N) is 3. The van der Waals surface area contributed by atoms with Crippen LogP contribution in [0.5, 0.6) is 0 Å². The van der Waals surface area contributed by atoms with Crippen LogP contribution in [-0.2, 0) is 11.2 Å². The van der Waals surface area contributed by atoms with Crippen LogP contribution in [0.4, 0.5) is 21.8 Å². The Balaban J connectivity index is 1.42. The lowest BCUT2D eigenvalue weighted by Crippen LogP contribution is -2.29. The molecule has 30 heavy (non-hydrogen) atoms. The molecule has 0 aliphatic carbocycles. The van der Waals surface area contributed by atoms with Crippen molar-refractivity contribution in [1.29, 1.82) is 0 Å². The molecule has 3 N–H and O–H groups in total. The largest absolute Gasteiger partial charge is 0.368 e. The summed E-state index contributed by atoms with van der Waals surface area (Å²) in [7, 11) is 0. The molecule has 0 aliphatic heterocycles. The van der Waals surface area contributed by atoms with Gasteiger partial charge in [0.2, 0.25) is 5.91 Å². The van der Waals surface area contributed by atoms with Gasteiger partial charge in [-0.1, -0.05) is 23.7 Å². The zero-order valence-corrected chi connectivity index (χ0v) is 17.2. The van der Waals surface area contributed by atoms with Crippen LogP contribution in [0.1, 0.15) is 17.8 Å². The van der Waals surface area contributed by atoms with E-state index in [4.69, 9.17) is 11.6 Å². The van der Waals surface area contributed by atoms with E-state index < -0.39 is 5.82 Å². The minimum absolute atomic E-state index is 0.0640. The zero-order chi connectivity index (χ0) is 21.3. The van der Waals surface area contributed by atoms with Crippen molar-refractivity contribution in [2.75, 3.05) is 23.7 Å². The summed E-state index contributed by atoms with van der Waals surface area (Å²) in [6.45, 7) is 2.75. The molecule has 3 rings (SSSR count). The van der Waals surface area contributed by atoms with Gasteiger partial charge in [-0.3, -0.25) is 4.79 Å². The lowest BCUT2D eigenvalue weighted by molar-refractivity contribution is -0.120. The molecule has 1 amide bonds. The van der Waals surface area contributed by atoms with Crippen LogP contribution >= 0.6 is 11.6 Å². The molecule has 0 atom stereocenters. The van der Waals surface area contributed by atoms with Crippen LogP contribution < -0.4 is 16.0 Å². The number of hydrogen-bond donors (Lipinski definition) is 3. The highest BCUT2D eigenvalue weighted by molar-refractivity contribution is 6.30. The van der Waals surface area contributed by atoms with Crippen LogP contribution in [-0.4, -0.2) is 33.9 Å². The van der Waals surface area contributed by atoms with Crippen molar-refractivity contribution >= 4 is 35.0 Å². The Morgan fingerprint density at radius 2 is 1.90 bits per heavy atom. The Morgan fingerprint density at radius 1 is 1.07 bits per heavy atom. The Morgan fingerprint density at radius 3 is 2.67 bits per heavy atom. The fourth-order valence-corrected chi connectivity index (χ4v) is 2.93. The Labute approximate surface area is 179 Å². The number of nitrogens with zero attached hydrogens (tertiary/aromatic N) is 3. The van der Waals surface area contributed by atoms with E-state index in [9.17, 15) is 9.18 Å². The quantitative estimate of drug-likeness (QED) is 0.448. The fraction of sp³-hybridized carbons (Fsp3) is 0.238. The predicted molar refractivity (Wildman–Crippen MR) is 116 cm³/mol. The average Bonchev–Trinajstić information content (AvgIpc) is 2.72. The first-order valence-electron chi connectivity index (χ1n) is 9.48. The van der Waals surface area contributed by atoms with Crippen molar-refractivity contribution < 1.29 is 9.18 Å². The summed E-state index contributed by atoms with van der Waals surface area (Å²) in [4.78, 5) is 24.9. The van der Waals surface area contributed by atoms with Gasteiger partial charge in [-0.05, 0) is 43.2 Å². The number of halogens is 2. The minimum atomic E-state index is -0.464. The number of rotatable bonds is 9. The summed E-state index contributed by atoms with van der Waals surface area (Å²) < 4.78 is 13.2. The van der Waals surface area contributed by atoms with Crippen LogP contribution in [0.25, 0.3) is 0 Å². The molecule has 2 aromatic heterocycles. The lowest BCUT2D eigenvalue weighted by atomic mass is 10.1. The van der Waals surface area contributed by atoms with Crippen molar-refractivity contribution in [3.8, 4) is 0 Å². The summed E-state index contributed by atoms with van der Waals surface area (Å²) >= 11 is 5.76. The van der Waals surface area contributed by atoms with Gasteiger partial charge >= 0.3 is 0 Å². The number of amides is 1. The van der Waals surface area contributed by atoms with Gasteiger partial charge < -0.3 is 16.0 Å². The standard InChI is InChI=1S/C21H22ClFN6O/c1-14-27-19(13-20(28-14)29-18-4-2-3-9-24-18)25-10-11-26-21(30)8-6-15-5-7-17(23)16(22)12-15/h2-5,7,9,12-13H,6,8,10-11H2,1H3,(H,26,30)(H2,24,25,27,28,29). The number of pyridine rings is 1. The zero-order valence-electron chi connectivity index (χ0n) is 16.5. The van der Waals surface area contributed by atoms with Gasteiger partial charge in [0.15, 0.2) is 0 Å². The molecule has 0 saturated heterocycles. The molecule has 156 valence electrons. The molecule has 1 aromatic carbocycles. The fourth-order valence-electron chi connectivity index (χ4n) is 2.72. The first-order valence-corrected chi connectivity index (χ1v) is 9.85. The van der Waals surface area contributed by atoms with Crippen molar-refractivity contribution in [1.82, 2.24) is 20.3 Å². The Hall–Kier alpha value is -3.26. The highest BCUT2D eigenvalue weighted by Gasteiger charge is 2.06. The van der Waals surface area contributed by atoms with Crippen LogP contribution in [0, 0.1) is 12.7 Å². The third-order valence-electron chi connectivity index (χ3n) is 4.14. The molecule has 3 aromatic rings. The van der Waals surface area contributed by atoms with E-state index in [2.05, 4.69) is 30.9 Å². The van der Waals surface area contributed by atoms with Crippen LogP contribution in [0.3, 0.4) is 0 Å². The van der Waals surface area contributed by atoms with Crippen molar-refractivity contribution in [2.45, 2.75) is 19.8 Å². The van der Waals surface area contributed by atoms with E-state index in [1.54, 1.807) is 31.3 Å². The minimum Gasteiger partial charge on any atom is -0.368 e. The highest BCUT2D eigenvalue weighted by atomic mass is 35.5. The van der Waals surface area contributed by atoms with Crippen LogP contribution in [0.2, 0.25) is 5.02 Å². The predicted octanol–water partition coefficient (Wildman–Crippen LogP) is 3.88. The SMILES string of the molecule is Cc1nc(NCCNC(=O)CCc2ccc(F)c(Cl)c2)cc(Nc2ccccn2)n1. The molecule has 0 bridgehead atoms. The summed E-state index contributed by atoms with van der Waals surface area (Å²) in [5.74, 6) is 2.03. The molecule has 7 nitrogen and oxygen atoms in total. The maximum absolute atomic E-state index is 13.2. The van der Waals surface area contributed by atoms with Crippen molar-refractivity contribution in [2.24, 2.45) is 0 Å². The molecule has 9 heteroatoms. The first kappa shape index (κ1) is 21.4. The second-order valence-corrected chi connectivity index (χ2v) is 6.96. The van der Waals surface area contributed by atoms with E-state index in [0.29, 0.717) is 49.2 Å². The van der Waals surface area contributed by atoms with Gasteiger partial charge in [0, 0.05) is 31.8 Å². The average molecular weight is 429 g/mol. The van der Waals surface area contributed by atoms with E-state index in [-0.39, 0.29) is 10.9 Å². The van der Waals surface area contributed by atoms with E-state index in [0.717, 1.165) is 5.56 Å². The van der Waals surface area contributed by atoms with Gasteiger partial charge in [-0.15, -0.1) is 0 Å². The molecule has 0 spiro atoms. The van der Waals surface area contributed by atoms with Crippen molar-refractivity contribution in [3.05, 3.63) is 70.9 Å². The number of hydrogen-bond acceptors (Lipinski definition) is 6. The molecule has 0 aliphatic rings. The molecule has 0 unspecified atom stereocenters. The van der Waals surface area contributed by atoms with Gasteiger partial charge in [-0.2, -0.15) is 0 Å². The van der Waals surface area contributed by atoms with Crippen LogP contribution in [0.15, 0.2) is 48.7 Å². The number of anilines is 3. The van der Waals surface area contributed by atoms with E-state index in [1.807, 2.05) is 18.2 Å². The molecular weight excluding hydrogens is 407 g/mol. The molecular formula is C21H22ClFN6O. The molecule has 0 saturated carbocycles. The number of carbonyl (C=O) groups excluding carboxylic acids is 1. The molecule has 0 fully saturated rings. The maximum atomic E-state index is 13.2. The summed E-state index contributed by atoms with van der Waals surface area (Å²) in [6, 6.07) is 11.8. The number of benzene rings is 1. The van der Waals surface area contributed by atoms with Crippen molar-refractivity contribution in [3.63, 3.8) is 0 Å². The van der Waals surface area contributed by atoms with Gasteiger partial charge in [0.1, 0.15) is 29.1 Å². The molecule has 0 radical (unpaired) electrons. The lowest BCUT2D eigenvalue weighted by Gasteiger charge is -2.10. The number of aromatic nitrogens is 3. The topological polar surface area (TPSA) is 91.8 Å². The third-order valence-corrected chi connectivity index (χ3v) is 4.43. The smallest absolute Gasteiger partial charge is 0.220 e. The van der Waals surface area contributed by atoms with Gasteiger partial charge in [0.25, 0.3) is 0 Å². The normalized spacial score (nSPS) is 10.5. The number of aryl methyl sites for hydroxylation is 2. The second-order valence-electron chi connectivity index (χ2n) is 6.55. The second kappa shape index (κ2) is 10.5. The summed E-state index contributed by atoms with van der Waals surface area (Å²) in [5, 5.41) is 9.20. The van der Waals surface area contributed by atoms with Gasteiger partial charge in [-0.25, -0.2) is 19.3 Å². The number of carbonyl (C=O) groups is 1. The molecule has 2 heterocycles. The first-order chi connectivity index (χ1) is 14.5. The monoisotopic (exact) mass is 428 g/mol. The Bertz CT molecular complexity index is 1000. The highest BCUT2D eigenvalue weighted by Crippen LogP contribution is 2.17. The Kier molecular flexibility index (Phi) is 7.51. The third kappa shape index (κ3) is 6.66. The summed E-state index contributed by atoms with van der Waals surface area (Å²) in [6.07, 6.45) is 2.49. The maximum Gasteiger partial charge on any atom is 0.220 e. The van der Waals surface area contributed by atoms with E-state index >= 15 is 0 Å². The van der Waals surface area contributed by atoms with E-state index in [1.165, 1.54) is 6.07 Å². The van der Waals surface area contributed by atoms with Gasteiger partial charge in [0.05, 0.1) is 5.02 Å². The summed E-state index contributed by atoms with van der Waals surface area (Å²) in [5.41, 5.74) is 0.819.